The average molecular weight is 351 g/mol. The first-order valence-corrected chi connectivity index (χ1v) is 19.3. The summed E-state index contributed by atoms with van der Waals surface area (Å²) in [6.45, 7) is 8.79. The standard InChI is InChI=1S/C9H19O2Si.3CH3.Sn/c1-10-7-6-9(8-11-2)12(3,4)5;;;;/h7-8H2,1-5H3;3*1H3;. The van der Waals surface area contributed by atoms with Crippen LogP contribution in [0.5, 0.6) is 0 Å². The number of rotatable bonds is 6. The zero-order chi connectivity index (χ0) is 13.0. The molecule has 0 heterocycles. The fraction of sp³-hybridized carbons (Fsp3) is 0.833. The maximum atomic E-state index is 5.41. The molecule has 0 fully saturated rings. The van der Waals surface area contributed by atoms with Crippen molar-refractivity contribution in [2.75, 3.05) is 27.4 Å². The zero-order valence-corrected chi connectivity index (χ0v) is 16.1. The maximum absolute atomic E-state index is 5.41. The molecule has 4 heteroatoms. The summed E-state index contributed by atoms with van der Waals surface area (Å²) in [6.07, 6.45) is 0. The third kappa shape index (κ3) is 5.34. The summed E-state index contributed by atoms with van der Waals surface area (Å²) in [5.41, 5.74) is 0. The van der Waals surface area contributed by atoms with Crippen LogP contribution in [0.2, 0.25) is 34.5 Å². The van der Waals surface area contributed by atoms with Gasteiger partial charge < -0.3 is 0 Å². The molecule has 16 heavy (non-hydrogen) atoms. The van der Waals surface area contributed by atoms with Crippen molar-refractivity contribution in [3.05, 3.63) is 8.79 Å². The Bertz CT molecular complexity index is 223. The molecule has 0 saturated carbocycles. The quantitative estimate of drug-likeness (QED) is 0.684. The van der Waals surface area contributed by atoms with Crippen molar-refractivity contribution in [3.8, 4) is 0 Å². The van der Waals surface area contributed by atoms with Crippen LogP contribution in [-0.2, 0) is 9.47 Å². The summed E-state index contributed by atoms with van der Waals surface area (Å²) < 4.78 is 12.4. The van der Waals surface area contributed by atoms with Gasteiger partial charge in [-0.1, -0.05) is 0 Å². The van der Waals surface area contributed by atoms with Crippen LogP contribution in [-0.4, -0.2) is 53.9 Å². The average Bonchev–Trinajstić information content (AvgIpc) is 2.07. The van der Waals surface area contributed by atoms with Crippen LogP contribution in [0, 0.1) is 0 Å². The fourth-order valence-corrected chi connectivity index (χ4v) is 13.5. The number of hydrogen-bond donors (Lipinski definition) is 0. The molecule has 0 unspecified atom stereocenters. The van der Waals surface area contributed by atoms with E-state index in [1.54, 1.807) is 23.0 Å². The van der Waals surface area contributed by atoms with E-state index in [-0.39, 0.29) is 0 Å². The Morgan fingerprint density at radius 3 is 1.62 bits per heavy atom. The van der Waals surface area contributed by atoms with Gasteiger partial charge in [0, 0.05) is 0 Å². The molecule has 0 atom stereocenters. The molecule has 0 aliphatic rings. The Morgan fingerprint density at radius 1 is 0.938 bits per heavy atom. The Balaban J connectivity index is 5.45. The van der Waals surface area contributed by atoms with Gasteiger partial charge in [0.25, 0.3) is 0 Å². The molecule has 2 nitrogen and oxygen atoms in total. The Kier molecular flexibility index (Phi) is 6.84. The van der Waals surface area contributed by atoms with E-state index in [0.717, 1.165) is 13.2 Å². The molecule has 0 saturated heterocycles. The van der Waals surface area contributed by atoms with E-state index in [9.17, 15) is 0 Å². The summed E-state index contributed by atoms with van der Waals surface area (Å²) in [5.74, 6) is 0. The first-order valence-electron chi connectivity index (χ1n) is 5.85. The van der Waals surface area contributed by atoms with Crippen molar-refractivity contribution in [2.24, 2.45) is 0 Å². The van der Waals surface area contributed by atoms with Crippen molar-refractivity contribution in [1.29, 1.82) is 0 Å². The van der Waals surface area contributed by atoms with Gasteiger partial charge in [0.15, 0.2) is 0 Å². The van der Waals surface area contributed by atoms with Crippen molar-refractivity contribution in [3.63, 3.8) is 0 Å². The van der Waals surface area contributed by atoms with Crippen LogP contribution >= 0.6 is 0 Å². The van der Waals surface area contributed by atoms with Gasteiger partial charge in [-0.05, 0) is 0 Å². The van der Waals surface area contributed by atoms with Gasteiger partial charge in [-0.15, -0.1) is 0 Å². The van der Waals surface area contributed by atoms with Crippen LogP contribution < -0.4 is 0 Å². The predicted molar refractivity (Wildman–Crippen MR) is 77.5 cm³/mol. The minimum atomic E-state index is -2.06. The van der Waals surface area contributed by atoms with Crippen LogP contribution in [0.4, 0.5) is 0 Å². The van der Waals surface area contributed by atoms with Gasteiger partial charge in [0.2, 0.25) is 0 Å². The van der Waals surface area contributed by atoms with Crippen LogP contribution in [0.25, 0.3) is 0 Å². The molecule has 0 bridgehead atoms. The molecule has 0 amide bonds. The Morgan fingerprint density at radius 2 is 1.38 bits per heavy atom. The van der Waals surface area contributed by atoms with Gasteiger partial charge in [-0.3, -0.25) is 0 Å². The second-order valence-corrected chi connectivity index (χ2v) is 26.0. The van der Waals surface area contributed by atoms with Crippen molar-refractivity contribution < 1.29 is 9.47 Å². The molecule has 0 aliphatic carbocycles. The molecule has 0 aliphatic heterocycles. The number of ether oxygens (including phenoxy) is 2. The minimum absolute atomic E-state index is 0.794. The van der Waals surface area contributed by atoms with Crippen LogP contribution in [0.3, 0.4) is 0 Å². The van der Waals surface area contributed by atoms with Gasteiger partial charge in [-0.25, -0.2) is 0 Å². The van der Waals surface area contributed by atoms with E-state index in [4.69, 9.17) is 9.47 Å². The molecular weight excluding hydrogens is 323 g/mol. The molecule has 96 valence electrons. The van der Waals surface area contributed by atoms with Crippen molar-refractivity contribution >= 4 is 26.5 Å². The monoisotopic (exact) mass is 352 g/mol. The van der Waals surface area contributed by atoms with E-state index >= 15 is 0 Å². The molecule has 0 radical (unpaired) electrons. The van der Waals surface area contributed by atoms with Gasteiger partial charge >= 0.3 is 107 Å². The van der Waals surface area contributed by atoms with E-state index in [0.29, 0.717) is 0 Å². The fourth-order valence-electron chi connectivity index (χ4n) is 1.80. The van der Waals surface area contributed by atoms with E-state index in [2.05, 4.69) is 34.5 Å². The van der Waals surface area contributed by atoms with Crippen molar-refractivity contribution in [1.82, 2.24) is 0 Å². The SMILES string of the molecule is COC/C(=[C](\COC)[Sn]([CH3])([CH3])[CH3])[Si](C)(C)C. The molecule has 0 aromatic heterocycles. The first kappa shape index (κ1) is 16.7. The number of methoxy groups -OCH3 is 2. The number of hydrogen-bond acceptors (Lipinski definition) is 2. The molecule has 0 N–H and O–H groups in total. The third-order valence-corrected chi connectivity index (χ3v) is 12.2. The Hall–Kier alpha value is 0.676. The molecule has 0 aromatic carbocycles. The molecule has 0 rings (SSSR count). The van der Waals surface area contributed by atoms with Crippen LogP contribution in [0.1, 0.15) is 0 Å². The van der Waals surface area contributed by atoms with Gasteiger partial charge in [-0.2, -0.15) is 0 Å². The molecule has 0 spiro atoms. The summed E-state index contributed by atoms with van der Waals surface area (Å²) in [4.78, 5) is 7.37. The summed E-state index contributed by atoms with van der Waals surface area (Å²) in [7, 11) is 2.30. The Labute approximate surface area is 106 Å². The summed E-state index contributed by atoms with van der Waals surface area (Å²) in [6, 6.07) is 0. The second kappa shape index (κ2) is 6.57. The van der Waals surface area contributed by atoms with Crippen molar-refractivity contribution in [2.45, 2.75) is 34.5 Å². The molecule has 0 aromatic rings. The summed E-state index contributed by atoms with van der Waals surface area (Å²) >= 11 is -2.06. The molecular formula is C12H28O2SiSn. The van der Waals surface area contributed by atoms with E-state index in [1.165, 1.54) is 0 Å². The first-order chi connectivity index (χ1) is 7.14. The normalized spacial score (nSPS) is 15.0. The summed E-state index contributed by atoms with van der Waals surface area (Å²) in [5, 5.41) is 1.58. The van der Waals surface area contributed by atoms with E-state index < -0.39 is 26.5 Å². The topological polar surface area (TPSA) is 18.5 Å². The van der Waals surface area contributed by atoms with Crippen LogP contribution in [0.15, 0.2) is 8.79 Å². The van der Waals surface area contributed by atoms with E-state index in [1.807, 2.05) is 0 Å². The second-order valence-electron chi connectivity index (χ2n) is 6.32. The van der Waals surface area contributed by atoms with Gasteiger partial charge in [0.1, 0.15) is 0 Å². The predicted octanol–water partition coefficient (Wildman–Crippen LogP) is 3.33. The zero-order valence-electron chi connectivity index (χ0n) is 12.2. The third-order valence-electron chi connectivity index (χ3n) is 2.75. The van der Waals surface area contributed by atoms with Gasteiger partial charge in [0.05, 0.1) is 0 Å².